The fourth-order valence-electron chi connectivity index (χ4n) is 7.43. The van der Waals surface area contributed by atoms with E-state index in [1.807, 2.05) is 0 Å². The smallest absolute Gasteiger partial charge is 0.336 e. The molecule has 5 rings (SSSR count). The number of piperidine rings is 1. The number of nitro benzene ring substituents is 1. The van der Waals surface area contributed by atoms with Crippen molar-refractivity contribution in [1.29, 1.82) is 0 Å². The second-order valence-corrected chi connectivity index (χ2v) is 13.3. The molecule has 0 amide bonds. The molecule has 0 aromatic heterocycles. The number of allylic oxidation sites excluding steroid dienone is 1. The maximum Gasteiger partial charge on any atom is 0.336 e. The van der Waals surface area contributed by atoms with Crippen LogP contribution in [0.1, 0.15) is 62.1 Å². The van der Waals surface area contributed by atoms with Gasteiger partial charge < -0.3 is 23.8 Å². The fourth-order valence-corrected chi connectivity index (χ4v) is 7.43. The molecule has 2 heterocycles. The molecule has 2 unspecified atom stereocenters. The Balaban J connectivity index is 1.11. The second kappa shape index (κ2) is 18.7. The van der Waals surface area contributed by atoms with Crippen molar-refractivity contribution in [1.82, 2.24) is 4.90 Å². The molecular weight excluding hydrogens is 662 g/mol. The van der Waals surface area contributed by atoms with E-state index in [1.54, 1.807) is 19.9 Å². The van der Waals surface area contributed by atoms with Crippen molar-refractivity contribution in [2.24, 2.45) is 10.9 Å². The van der Waals surface area contributed by atoms with Gasteiger partial charge in [-0.2, -0.15) is 0 Å². The third-order valence-electron chi connectivity index (χ3n) is 10.1. The average Bonchev–Trinajstić information content (AvgIpc) is 3.16. The Morgan fingerprint density at radius 2 is 1.50 bits per heavy atom. The number of carbonyl (C=O) groups excluding carboxylic acids is 2. The Morgan fingerprint density at radius 1 is 0.846 bits per heavy atom. The Morgan fingerprint density at radius 3 is 2.13 bits per heavy atom. The van der Waals surface area contributed by atoms with Crippen molar-refractivity contribution in [2.75, 3.05) is 59.8 Å². The lowest BCUT2D eigenvalue weighted by atomic mass is 9.68. The van der Waals surface area contributed by atoms with Gasteiger partial charge in [-0.05, 0) is 62.9 Å². The average molecular weight is 712 g/mol. The summed E-state index contributed by atoms with van der Waals surface area (Å²) in [5, 5.41) is 11.6. The van der Waals surface area contributed by atoms with Crippen LogP contribution in [0.5, 0.6) is 0 Å². The van der Waals surface area contributed by atoms with E-state index in [1.165, 1.54) is 36.4 Å². The fraction of sp³-hybridized carbons (Fsp3) is 0.439. The Bertz CT molecular complexity index is 1680. The van der Waals surface area contributed by atoms with Gasteiger partial charge in [0, 0.05) is 68.2 Å². The zero-order valence-corrected chi connectivity index (χ0v) is 30.3. The molecule has 0 saturated carbocycles. The zero-order valence-electron chi connectivity index (χ0n) is 30.3. The molecule has 52 heavy (non-hydrogen) atoms. The molecule has 11 heteroatoms. The lowest BCUT2D eigenvalue weighted by Crippen LogP contribution is -2.43. The topological polar surface area (TPSA) is 130 Å². The first-order valence-corrected chi connectivity index (χ1v) is 18.0. The van der Waals surface area contributed by atoms with Gasteiger partial charge in [-0.1, -0.05) is 72.8 Å². The van der Waals surface area contributed by atoms with Crippen LogP contribution >= 0.6 is 0 Å². The van der Waals surface area contributed by atoms with E-state index < -0.39 is 28.7 Å². The standard InChI is InChI=1S/C41H49N3O8/c1-30-36(38(32-13-10-18-35(29-32)44(47)48)37(31(2)42-30)40(46)52-28-27-49-3)39(45)51-26-12-25-50-24-11-21-43-22-19-41(20-23-43,33-14-6-4-7-15-33)34-16-8-5-9-17-34/h4-10,13-18,29,37-38H,11-12,19-28H2,1-3H3. The predicted molar refractivity (Wildman–Crippen MR) is 198 cm³/mol. The number of methoxy groups -OCH3 is 1. The maximum atomic E-state index is 13.6. The Kier molecular flexibility index (Phi) is 13.8. The predicted octanol–water partition coefficient (Wildman–Crippen LogP) is 6.65. The summed E-state index contributed by atoms with van der Waals surface area (Å²) >= 11 is 0. The summed E-state index contributed by atoms with van der Waals surface area (Å²) in [7, 11) is 1.50. The van der Waals surface area contributed by atoms with Gasteiger partial charge in [0.05, 0.1) is 23.7 Å². The zero-order chi connectivity index (χ0) is 36.9. The number of esters is 2. The first-order chi connectivity index (χ1) is 25.2. The molecule has 0 radical (unpaired) electrons. The monoisotopic (exact) mass is 711 g/mol. The molecule has 2 aliphatic heterocycles. The van der Waals surface area contributed by atoms with E-state index in [-0.39, 0.29) is 36.5 Å². The summed E-state index contributed by atoms with van der Waals surface area (Å²) in [5.41, 5.74) is 4.05. The van der Waals surface area contributed by atoms with Crippen molar-refractivity contribution in [3.8, 4) is 0 Å². The molecule has 0 N–H and O–H groups in total. The van der Waals surface area contributed by atoms with Crippen molar-refractivity contribution in [3.05, 3.63) is 123 Å². The number of hydrogen-bond acceptors (Lipinski definition) is 10. The van der Waals surface area contributed by atoms with Crippen LogP contribution in [0.3, 0.4) is 0 Å². The lowest BCUT2D eigenvalue weighted by molar-refractivity contribution is -0.384. The van der Waals surface area contributed by atoms with Crippen LogP contribution in [0, 0.1) is 16.0 Å². The van der Waals surface area contributed by atoms with E-state index in [2.05, 4.69) is 70.6 Å². The third-order valence-corrected chi connectivity index (χ3v) is 10.1. The highest BCUT2D eigenvalue weighted by atomic mass is 16.6. The minimum Gasteiger partial charge on any atom is -0.463 e. The molecular formula is C41H49N3O8. The minimum absolute atomic E-state index is 0.0183. The van der Waals surface area contributed by atoms with Gasteiger partial charge in [0.25, 0.3) is 5.69 Å². The summed E-state index contributed by atoms with van der Waals surface area (Å²) in [5.74, 6) is -3.08. The summed E-state index contributed by atoms with van der Waals surface area (Å²) in [6.07, 6.45) is 3.52. The lowest BCUT2D eigenvalue weighted by Gasteiger charge is -2.43. The largest absolute Gasteiger partial charge is 0.463 e. The van der Waals surface area contributed by atoms with Crippen LogP contribution in [-0.2, 0) is 34.0 Å². The molecule has 3 aromatic carbocycles. The number of nitrogens with zero attached hydrogens (tertiary/aromatic N) is 3. The molecule has 11 nitrogen and oxygen atoms in total. The second-order valence-electron chi connectivity index (χ2n) is 13.3. The van der Waals surface area contributed by atoms with E-state index in [0.717, 1.165) is 38.9 Å². The highest BCUT2D eigenvalue weighted by Gasteiger charge is 2.43. The SMILES string of the molecule is COCCOC(=O)C1C(C)=NC(C)=C(C(=O)OCCCOCCCN2CCC(c3ccccc3)(c3ccccc3)CC2)C1c1cccc([N+](=O)[O-])c1. The van der Waals surface area contributed by atoms with Crippen LogP contribution in [0.25, 0.3) is 0 Å². The highest BCUT2D eigenvalue weighted by molar-refractivity contribution is 6.07. The van der Waals surface area contributed by atoms with Gasteiger partial charge in [-0.3, -0.25) is 19.9 Å². The minimum atomic E-state index is -0.971. The number of aliphatic imine (C=N–C) groups is 1. The van der Waals surface area contributed by atoms with Gasteiger partial charge >= 0.3 is 11.9 Å². The summed E-state index contributed by atoms with van der Waals surface area (Å²) in [6, 6.07) is 27.6. The normalized spacial score (nSPS) is 18.8. The van der Waals surface area contributed by atoms with E-state index in [4.69, 9.17) is 18.9 Å². The van der Waals surface area contributed by atoms with Crippen molar-refractivity contribution < 1.29 is 33.5 Å². The molecule has 0 aliphatic carbocycles. The number of non-ortho nitro benzene ring substituents is 1. The third kappa shape index (κ3) is 9.39. The summed E-state index contributed by atoms with van der Waals surface area (Å²) < 4.78 is 22.0. The molecule has 1 saturated heterocycles. The van der Waals surface area contributed by atoms with Crippen LogP contribution in [0.4, 0.5) is 5.69 Å². The molecule has 0 spiro atoms. The molecule has 0 bridgehead atoms. The first kappa shape index (κ1) is 38.5. The number of carbonyl (C=O) groups is 2. The van der Waals surface area contributed by atoms with Gasteiger partial charge in [0.1, 0.15) is 12.5 Å². The number of rotatable bonds is 17. The molecule has 2 aliphatic rings. The quantitative estimate of drug-likeness (QED) is 0.0654. The van der Waals surface area contributed by atoms with E-state index in [0.29, 0.717) is 36.6 Å². The van der Waals surface area contributed by atoms with Crippen molar-refractivity contribution in [2.45, 2.75) is 50.9 Å². The Labute approximate surface area is 305 Å². The molecule has 1 fully saturated rings. The summed E-state index contributed by atoms with van der Waals surface area (Å²) in [6.45, 7) is 7.70. The van der Waals surface area contributed by atoms with Gasteiger partial charge in [-0.25, -0.2) is 4.79 Å². The van der Waals surface area contributed by atoms with Crippen molar-refractivity contribution >= 4 is 23.3 Å². The van der Waals surface area contributed by atoms with Gasteiger partial charge in [-0.15, -0.1) is 0 Å². The van der Waals surface area contributed by atoms with E-state index in [9.17, 15) is 19.7 Å². The van der Waals surface area contributed by atoms with Crippen LogP contribution in [0.2, 0.25) is 0 Å². The highest BCUT2D eigenvalue weighted by Crippen LogP contribution is 2.42. The molecule has 276 valence electrons. The maximum absolute atomic E-state index is 13.6. The van der Waals surface area contributed by atoms with Gasteiger partial charge in [0.15, 0.2) is 0 Å². The number of nitro groups is 1. The van der Waals surface area contributed by atoms with Crippen LogP contribution in [-0.4, -0.2) is 87.3 Å². The number of hydrogen-bond donors (Lipinski definition) is 0. The molecule has 2 atom stereocenters. The van der Waals surface area contributed by atoms with Crippen LogP contribution < -0.4 is 0 Å². The number of likely N-dealkylation sites (tertiary alicyclic amines) is 1. The van der Waals surface area contributed by atoms with Crippen molar-refractivity contribution in [3.63, 3.8) is 0 Å². The Hall–Kier alpha value is -4.71. The van der Waals surface area contributed by atoms with E-state index >= 15 is 0 Å². The molecule has 3 aromatic rings. The first-order valence-electron chi connectivity index (χ1n) is 18.0. The van der Waals surface area contributed by atoms with Gasteiger partial charge in [0.2, 0.25) is 0 Å². The number of ether oxygens (including phenoxy) is 4. The summed E-state index contributed by atoms with van der Waals surface area (Å²) in [4.78, 5) is 45.0. The van der Waals surface area contributed by atoms with Crippen LogP contribution in [0.15, 0.2) is 101 Å². The number of benzene rings is 3.